The lowest BCUT2D eigenvalue weighted by Crippen LogP contribution is -2.47. The number of carbonyl (C=O) groups is 1. The van der Waals surface area contributed by atoms with Gasteiger partial charge >= 0.3 is 6.09 Å². The van der Waals surface area contributed by atoms with E-state index in [0.29, 0.717) is 6.61 Å². The molecule has 0 aromatic heterocycles. The largest absolute Gasteiger partial charge is 0.515 e. The molecule has 0 N–H and O–H groups in total. The van der Waals surface area contributed by atoms with Crippen LogP contribution < -0.4 is 0 Å². The minimum atomic E-state index is -0.168. The van der Waals surface area contributed by atoms with Crippen molar-refractivity contribution in [2.75, 3.05) is 27.2 Å². The fourth-order valence-corrected chi connectivity index (χ4v) is 1.44. The third-order valence-corrected chi connectivity index (χ3v) is 2.56. The maximum absolute atomic E-state index is 11.6. The number of hydrogen-bond acceptors (Lipinski definition) is 2. The van der Waals surface area contributed by atoms with E-state index >= 15 is 0 Å². The Balaban J connectivity index is 2.51. The van der Waals surface area contributed by atoms with Crippen LogP contribution >= 0.6 is 0 Å². The molecule has 1 aromatic carbocycles. The standard InChI is InChI=1S/C13H20NO2/c1-4-16-13(15)14(2,3)11-10-12-8-6-5-7-9-12/h5-9H,4,10-11H2,1-3H3/q+1. The van der Waals surface area contributed by atoms with E-state index < -0.39 is 0 Å². The molecule has 0 bridgehead atoms. The topological polar surface area (TPSA) is 26.3 Å². The van der Waals surface area contributed by atoms with Gasteiger partial charge in [0, 0.05) is 6.42 Å². The van der Waals surface area contributed by atoms with Crippen molar-refractivity contribution in [3.63, 3.8) is 0 Å². The molecule has 0 unspecified atom stereocenters. The smallest absolute Gasteiger partial charge is 0.420 e. The fraction of sp³-hybridized carbons (Fsp3) is 0.462. The summed E-state index contributed by atoms with van der Waals surface area (Å²) in [5.74, 6) is 0. The molecule has 0 aliphatic rings. The highest BCUT2D eigenvalue weighted by Crippen LogP contribution is 2.07. The number of rotatable bonds is 4. The number of quaternary nitrogens is 1. The second-order valence-electron chi connectivity index (χ2n) is 4.34. The Hall–Kier alpha value is -1.35. The van der Waals surface area contributed by atoms with E-state index in [4.69, 9.17) is 4.74 Å². The maximum Gasteiger partial charge on any atom is 0.515 e. The molecule has 1 rings (SSSR count). The number of hydrogen-bond donors (Lipinski definition) is 0. The Morgan fingerprint density at radius 2 is 1.88 bits per heavy atom. The predicted molar refractivity (Wildman–Crippen MR) is 64.1 cm³/mol. The SMILES string of the molecule is CCOC(=O)[N+](C)(C)CCc1ccccc1. The van der Waals surface area contributed by atoms with Crippen molar-refractivity contribution >= 4 is 6.09 Å². The zero-order valence-electron chi connectivity index (χ0n) is 10.3. The molecule has 0 saturated heterocycles. The minimum absolute atomic E-state index is 0.168. The van der Waals surface area contributed by atoms with Crippen LogP contribution in [-0.4, -0.2) is 37.8 Å². The molecular formula is C13H20NO2+. The summed E-state index contributed by atoms with van der Waals surface area (Å²) < 4.78 is 5.29. The number of amides is 1. The van der Waals surface area contributed by atoms with Gasteiger partial charge in [-0.15, -0.1) is 0 Å². The van der Waals surface area contributed by atoms with Gasteiger partial charge in [0.25, 0.3) is 0 Å². The van der Waals surface area contributed by atoms with Gasteiger partial charge in [0.15, 0.2) is 0 Å². The second kappa shape index (κ2) is 5.66. The van der Waals surface area contributed by atoms with Crippen LogP contribution in [0.3, 0.4) is 0 Å². The van der Waals surface area contributed by atoms with Gasteiger partial charge in [-0.3, -0.25) is 0 Å². The monoisotopic (exact) mass is 222 g/mol. The number of benzene rings is 1. The first kappa shape index (κ1) is 12.7. The molecule has 0 fully saturated rings. The lowest BCUT2D eigenvalue weighted by molar-refractivity contribution is -0.816. The summed E-state index contributed by atoms with van der Waals surface area (Å²) in [6, 6.07) is 10.2. The lowest BCUT2D eigenvalue weighted by Gasteiger charge is -2.24. The molecule has 0 heterocycles. The number of ether oxygens (including phenoxy) is 1. The first-order valence-corrected chi connectivity index (χ1v) is 5.60. The van der Waals surface area contributed by atoms with Crippen molar-refractivity contribution in [1.29, 1.82) is 0 Å². The van der Waals surface area contributed by atoms with Crippen molar-refractivity contribution < 1.29 is 14.0 Å². The Morgan fingerprint density at radius 3 is 2.44 bits per heavy atom. The molecule has 3 heteroatoms. The minimum Gasteiger partial charge on any atom is -0.420 e. The summed E-state index contributed by atoms with van der Waals surface area (Å²) in [7, 11) is 3.75. The van der Waals surface area contributed by atoms with E-state index in [1.165, 1.54) is 5.56 Å². The normalized spacial score (nSPS) is 11.2. The number of likely N-dealkylation sites (N-methyl/N-ethyl adjacent to an activating group) is 1. The molecule has 0 radical (unpaired) electrons. The molecule has 3 nitrogen and oxygen atoms in total. The summed E-state index contributed by atoms with van der Waals surface area (Å²) in [6.45, 7) is 3.02. The van der Waals surface area contributed by atoms with Crippen LogP contribution in [0, 0.1) is 0 Å². The van der Waals surface area contributed by atoms with Gasteiger partial charge in [-0.25, -0.2) is 4.48 Å². The Kier molecular flexibility index (Phi) is 4.50. The lowest BCUT2D eigenvalue weighted by atomic mass is 10.1. The molecule has 0 aliphatic heterocycles. The second-order valence-corrected chi connectivity index (χ2v) is 4.34. The molecule has 0 atom stereocenters. The van der Waals surface area contributed by atoms with Crippen LogP contribution in [-0.2, 0) is 11.2 Å². The molecule has 0 saturated carbocycles. The van der Waals surface area contributed by atoms with Crippen molar-refractivity contribution in [2.45, 2.75) is 13.3 Å². The molecule has 88 valence electrons. The van der Waals surface area contributed by atoms with Crippen molar-refractivity contribution in [3.8, 4) is 0 Å². The van der Waals surface area contributed by atoms with Crippen LogP contribution in [0.5, 0.6) is 0 Å². The Bertz CT molecular complexity index is 333. The van der Waals surface area contributed by atoms with Gasteiger partial charge in [0.05, 0.1) is 27.2 Å². The van der Waals surface area contributed by atoms with E-state index in [2.05, 4.69) is 12.1 Å². The molecule has 1 aromatic rings. The maximum atomic E-state index is 11.6. The summed E-state index contributed by atoms with van der Waals surface area (Å²) >= 11 is 0. The van der Waals surface area contributed by atoms with Gasteiger partial charge in [-0.05, 0) is 12.5 Å². The molecule has 1 amide bonds. The van der Waals surface area contributed by atoms with Crippen LogP contribution in [0.1, 0.15) is 12.5 Å². The van der Waals surface area contributed by atoms with E-state index in [-0.39, 0.29) is 10.6 Å². The van der Waals surface area contributed by atoms with Gasteiger partial charge in [0.1, 0.15) is 0 Å². The van der Waals surface area contributed by atoms with Crippen molar-refractivity contribution in [2.24, 2.45) is 0 Å². The summed E-state index contributed by atoms with van der Waals surface area (Å²) in [6.07, 6.45) is 0.713. The van der Waals surface area contributed by atoms with Gasteiger partial charge in [-0.1, -0.05) is 30.3 Å². The van der Waals surface area contributed by atoms with Crippen LogP contribution in [0.2, 0.25) is 0 Å². The Labute approximate surface area is 97.2 Å². The molecule has 0 aliphatic carbocycles. The Morgan fingerprint density at radius 1 is 1.25 bits per heavy atom. The van der Waals surface area contributed by atoms with Gasteiger partial charge in [-0.2, -0.15) is 4.79 Å². The summed E-state index contributed by atoms with van der Waals surface area (Å²) in [4.78, 5) is 11.6. The van der Waals surface area contributed by atoms with Gasteiger partial charge in [0.2, 0.25) is 0 Å². The zero-order chi connectivity index (χ0) is 12.0. The highest BCUT2D eigenvalue weighted by Gasteiger charge is 2.27. The third kappa shape index (κ3) is 3.66. The fourth-order valence-electron chi connectivity index (χ4n) is 1.44. The van der Waals surface area contributed by atoms with Crippen molar-refractivity contribution in [1.82, 2.24) is 0 Å². The van der Waals surface area contributed by atoms with Crippen LogP contribution in [0.4, 0.5) is 4.79 Å². The summed E-state index contributed by atoms with van der Waals surface area (Å²) in [5, 5.41) is 0. The first-order chi connectivity index (χ1) is 7.56. The quantitative estimate of drug-likeness (QED) is 0.731. The average Bonchev–Trinajstić information content (AvgIpc) is 2.28. The van der Waals surface area contributed by atoms with Crippen LogP contribution in [0.25, 0.3) is 0 Å². The van der Waals surface area contributed by atoms with Crippen molar-refractivity contribution in [3.05, 3.63) is 35.9 Å². The predicted octanol–water partition coefficient (Wildman–Crippen LogP) is 2.46. The number of carbonyl (C=O) groups excluding carboxylic acids is 1. The molecule has 0 spiro atoms. The first-order valence-electron chi connectivity index (χ1n) is 5.60. The van der Waals surface area contributed by atoms with E-state index in [0.717, 1.165) is 13.0 Å². The van der Waals surface area contributed by atoms with E-state index in [1.54, 1.807) is 0 Å². The summed E-state index contributed by atoms with van der Waals surface area (Å²) in [5.41, 5.74) is 1.25. The van der Waals surface area contributed by atoms with E-state index in [9.17, 15) is 4.79 Å². The number of nitrogens with zero attached hydrogens (tertiary/aromatic N) is 1. The molecular weight excluding hydrogens is 202 g/mol. The molecule has 16 heavy (non-hydrogen) atoms. The van der Waals surface area contributed by atoms with Gasteiger partial charge < -0.3 is 4.74 Å². The van der Waals surface area contributed by atoms with Crippen LogP contribution in [0.15, 0.2) is 30.3 Å². The third-order valence-electron chi connectivity index (χ3n) is 2.56. The average molecular weight is 222 g/mol. The highest BCUT2D eigenvalue weighted by atomic mass is 16.6. The zero-order valence-corrected chi connectivity index (χ0v) is 10.3. The van der Waals surface area contributed by atoms with E-state index in [1.807, 2.05) is 39.2 Å². The highest BCUT2D eigenvalue weighted by molar-refractivity contribution is 5.59.